The molecule has 142 valence electrons. The normalized spacial score (nSPS) is 13.2. The first-order valence-corrected chi connectivity index (χ1v) is 9.69. The van der Waals surface area contributed by atoms with E-state index in [1.54, 1.807) is 0 Å². The molecule has 9 heteroatoms. The van der Waals surface area contributed by atoms with E-state index < -0.39 is 6.03 Å². The Labute approximate surface area is 157 Å². The average Bonchev–Trinajstić information content (AvgIpc) is 3.25. The van der Waals surface area contributed by atoms with Crippen LogP contribution in [0.3, 0.4) is 0 Å². The average molecular weight is 380 g/mol. The number of nitrogens with one attached hydrogen (secondary N) is 3. The van der Waals surface area contributed by atoms with Crippen molar-refractivity contribution < 1.29 is 18.9 Å². The van der Waals surface area contributed by atoms with E-state index >= 15 is 0 Å². The Morgan fingerprint density at radius 1 is 1.35 bits per heavy atom. The Kier molecular flexibility index (Phi) is 7.73. The van der Waals surface area contributed by atoms with Crippen LogP contribution in [0.4, 0.5) is 4.79 Å². The zero-order chi connectivity index (χ0) is 18.9. The summed E-state index contributed by atoms with van der Waals surface area (Å²) in [5, 5.41) is 15.2. The maximum Gasteiger partial charge on any atom is 0.321 e. The molecule has 26 heavy (non-hydrogen) atoms. The van der Waals surface area contributed by atoms with Gasteiger partial charge in [-0.2, -0.15) is 0 Å². The number of thiophene rings is 1. The van der Waals surface area contributed by atoms with Crippen LogP contribution in [0, 0.1) is 0 Å². The zero-order valence-electron chi connectivity index (χ0n) is 15.4. The number of urea groups is 1. The van der Waals surface area contributed by atoms with E-state index in [0.29, 0.717) is 18.3 Å². The summed E-state index contributed by atoms with van der Waals surface area (Å²) in [6.45, 7) is 7.26. The Morgan fingerprint density at radius 3 is 2.81 bits per heavy atom. The second-order valence-corrected chi connectivity index (χ2v) is 7.11. The van der Waals surface area contributed by atoms with Gasteiger partial charge in [0.05, 0.1) is 11.4 Å². The molecule has 0 aromatic carbocycles. The third-order valence-corrected chi connectivity index (χ3v) is 4.71. The molecule has 2 aromatic heterocycles. The number of quaternary nitrogens is 1. The molecular formula is C17H26N5O3S+. The van der Waals surface area contributed by atoms with Gasteiger partial charge >= 0.3 is 6.03 Å². The Hall–Kier alpha value is -2.26. The summed E-state index contributed by atoms with van der Waals surface area (Å²) in [5.41, 5.74) is 0. The van der Waals surface area contributed by atoms with Crippen LogP contribution in [0.2, 0.25) is 0 Å². The standard InChI is InChI=1S/C17H25N5O3S/c1-4-8-22(10-14(23)19-17(24)18-12(3)5-2)11-15-20-21-16(25-15)13-7-6-9-26-13/h6-7,9,12H,4-5,8,10-11H2,1-3H3,(H2,18,19,23,24)/p+1/t12-/m1/s1. The van der Waals surface area contributed by atoms with Crippen LogP contribution in [0.5, 0.6) is 0 Å². The van der Waals surface area contributed by atoms with Crippen molar-refractivity contribution in [1.29, 1.82) is 0 Å². The molecular weight excluding hydrogens is 354 g/mol. The second-order valence-electron chi connectivity index (χ2n) is 6.16. The van der Waals surface area contributed by atoms with Crippen LogP contribution in [-0.4, -0.2) is 41.3 Å². The van der Waals surface area contributed by atoms with Gasteiger partial charge in [0, 0.05) is 6.04 Å². The zero-order valence-corrected chi connectivity index (χ0v) is 16.2. The minimum absolute atomic E-state index is 0.0240. The van der Waals surface area contributed by atoms with Crippen molar-refractivity contribution in [2.24, 2.45) is 0 Å². The molecule has 1 unspecified atom stereocenters. The number of carbonyl (C=O) groups excluding carboxylic acids is 2. The minimum Gasteiger partial charge on any atom is -0.414 e. The van der Waals surface area contributed by atoms with Crippen LogP contribution < -0.4 is 15.5 Å². The predicted molar refractivity (Wildman–Crippen MR) is 98.7 cm³/mol. The van der Waals surface area contributed by atoms with E-state index in [-0.39, 0.29) is 18.5 Å². The van der Waals surface area contributed by atoms with Gasteiger partial charge in [-0.25, -0.2) is 4.79 Å². The highest BCUT2D eigenvalue weighted by Gasteiger charge is 2.20. The van der Waals surface area contributed by atoms with Gasteiger partial charge in [-0.3, -0.25) is 10.1 Å². The summed E-state index contributed by atoms with van der Waals surface area (Å²) in [5.74, 6) is 0.643. The van der Waals surface area contributed by atoms with Crippen LogP contribution >= 0.6 is 11.3 Å². The highest BCUT2D eigenvalue weighted by Crippen LogP contribution is 2.22. The SMILES string of the molecule is CCC[NH+](CC(=O)NC(=O)N[C@H](C)CC)Cc1nnc(-c2cccs2)o1. The number of amides is 3. The first-order chi connectivity index (χ1) is 12.5. The number of carbonyl (C=O) groups is 2. The van der Waals surface area contributed by atoms with E-state index in [1.165, 1.54) is 11.3 Å². The van der Waals surface area contributed by atoms with Crippen LogP contribution in [0.1, 0.15) is 39.5 Å². The monoisotopic (exact) mass is 380 g/mol. The van der Waals surface area contributed by atoms with Gasteiger partial charge in [-0.1, -0.05) is 19.9 Å². The van der Waals surface area contributed by atoms with Crippen LogP contribution in [0.25, 0.3) is 10.8 Å². The molecule has 0 saturated carbocycles. The molecule has 0 aliphatic heterocycles. The van der Waals surface area contributed by atoms with Gasteiger partial charge in [0.25, 0.3) is 17.7 Å². The lowest BCUT2D eigenvalue weighted by molar-refractivity contribution is -0.907. The van der Waals surface area contributed by atoms with Crippen LogP contribution in [0.15, 0.2) is 21.9 Å². The molecule has 2 heterocycles. The third-order valence-electron chi connectivity index (χ3n) is 3.86. The molecule has 2 rings (SSSR count). The Morgan fingerprint density at radius 2 is 2.15 bits per heavy atom. The van der Waals surface area contributed by atoms with E-state index in [0.717, 1.165) is 29.2 Å². The van der Waals surface area contributed by atoms with Gasteiger partial charge in [0.15, 0.2) is 13.1 Å². The van der Waals surface area contributed by atoms with Gasteiger partial charge < -0.3 is 14.6 Å². The molecule has 0 radical (unpaired) electrons. The van der Waals surface area contributed by atoms with E-state index in [4.69, 9.17) is 4.42 Å². The summed E-state index contributed by atoms with van der Waals surface area (Å²) in [7, 11) is 0. The topological polar surface area (TPSA) is 102 Å². The lowest BCUT2D eigenvalue weighted by atomic mass is 10.3. The molecule has 2 aromatic rings. The maximum atomic E-state index is 12.1. The highest BCUT2D eigenvalue weighted by molar-refractivity contribution is 7.13. The lowest BCUT2D eigenvalue weighted by Crippen LogP contribution is -3.12. The van der Waals surface area contributed by atoms with Crippen molar-refractivity contribution in [3.8, 4) is 10.8 Å². The van der Waals surface area contributed by atoms with Crippen molar-refractivity contribution in [2.45, 2.75) is 46.2 Å². The lowest BCUT2D eigenvalue weighted by Gasteiger charge is -2.17. The largest absolute Gasteiger partial charge is 0.414 e. The Bertz CT molecular complexity index is 701. The summed E-state index contributed by atoms with van der Waals surface area (Å²) in [6, 6.07) is 3.41. The van der Waals surface area contributed by atoms with Gasteiger partial charge in [0.2, 0.25) is 0 Å². The molecule has 0 spiro atoms. The summed E-state index contributed by atoms with van der Waals surface area (Å²) < 4.78 is 5.69. The number of rotatable bonds is 9. The van der Waals surface area contributed by atoms with Crippen molar-refractivity contribution in [1.82, 2.24) is 20.8 Å². The molecule has 2 atom stereocenters. The number of hydrogen-bond donors (Lipinski definition) is 3. The number of aromatic nitrogens is 2. The smallest absolute Gasteiger partial charge is 0.321 e. The van der Waals surface area contributed by atoms with Crippen LogP contribution in [-0.2, 0) is 11.3 Å². The van der Waals surface area contributed by atoms with Crippen molar-refractivity contribution in [3.05, 3.63) is 23.4 Å². The molecule has 3 amide bonds. The van der Waals surface area contributed by atoms with Crippen molar-refractivity contribution in [2.75, 3.05) is 13.1 Å². The van der Waals surface area contributed by atoms with Gasteiger partial charge in [-0.15, -0.1) is 21.5 Å². The third kappa shape index (κ3) is 6.23. The van der Waals surface area contributed by atoms with E-state index in [1.807, 2.05) is 38.3 Å². The summed E-state index contributed by atoms with van der Waals surface area (Å²) in [4.78, 5) is 25.8. The van der Waals surface area contributed by atoms with E-state index in [9.17, 15) is 9.59 Å². The number of hydrogen-bond acceptors (Lipinski definition) is 6. The second kappa shape index (κ2) is 10.0. The molecule has 0 fully saturated rings. The molecule has 0 aliphatic carbocycles. The fourth-order valence-corrected chi connectivity index (χ4v) is 3.04. The summed E-state index contributed by atoms with van der Waals surface area (Å²) >= 11 is 1.53. The number of nitrogens with zero attached hydrogens (tertiary/aromatic N) is 2. The first kappa shape index (κ1) is 20.1. The highest BCUT2D eigenvalue weighted by atomic mass is 32.1. The Balaban J connectivity index is 1.90. The first-order valence-electron chi connectivity index (χ1n) is 8.82. The van der Waals surface area contributed by atoms with E-state index in [2.05, 4.69) is 20.8 Å². The molecule has 0 saturated heterocycles. The quantitative estimate of drug-likeness (QED) is 0.607. The fraction of sp³-hybridized carbons (Fsp3) is 0.529. The molecule has 0 aliphatic rings. The van der Waals surface area contributed by atoms with Crippen molar-refractivity contribution in [3.63, 3.8) is 0 Å². The fourth-order valence-electron chi connectivity index (χ4n) is 2.39. The predicted octanol–water partition coefficient (Wildman–Crippen LogP) is 1.22. The molecule has 8 nitrogen and oxygen atoms in total. The molecule has 0 bridgehead atoms. The molecule has 3 N–H and O–H groups in total. The van der Waals surface area contributed by atoms with Gasteiger partial charge in [0.1, 0.15) is 0 Å². The van der Waals surface area contributed by atoms with Crippen molar-refractivity contribution >= 4 is 23.3 Å². The summed E-state index contributed by atoms with van der Waals surface area (Å²) in [6.07, 6.45) is 1.70. The van der Waals surface area contributed by atoms with Gasteiger partial charge in [-0.05, 0) is 31.2 Å². The number of imide groups is 1. The maximum absolute atomic E-state index is 12.1. The minimum atomic E-state index is -0.460.